The lowest BCUT2D eigenvalue weighted by Crippen LogP contribution is -2.31. The van der Waals surface area contributed by atoms with E-state index in [1.807, 2.05) is 42.8 Å². The van der Waals surface area contributed by atoms with E-state index in [1.54, 1.807) is 32.3 Å². The van der Waals surface area contributed by atoms with Crippen LogP contribution in [0.1, 0.15) is 42.0 Å². The lowest BCUT2D eigenvalue weighted by Gasteiger charge is -2.07. The molecule has 0 radical (unpaired) electrons. The second kappa shape index (κ2) is 5.69. The minimum absolute atomic E-state index is 0.301. The zero-order valence-corrected chi connectivity index (χ0v) is 14.8. The molecule has 3 heteroatoms. The van der Waals surface area contributed by atoms with Gasteiger partial charge in [-0.2, -0.15) is 0 Å². The minimum Gasteiger partial charge on any atom is -0.456 e. The van der Waals surface area contributed by atoms with Gasteiger partial charge in [-0.15, -0.1) is 0 Å². The van der Waals surface area contributed by atoms with Gasteiger partial charge in [-0.1, -0.05) is 19.9 Å². The summed E-state index contributed by atoms with van der Waals surface area (Å²) < 4.78 is 39.1. The van der Waals surface area contributed by atoms with Crippen LogP contribution in [0.5, 0.6) is 0 Å². The van der Waals surface area contributed by atoms with E-state index in [0.717, 1.165) is 33.2 Å². The van der Waals surface area contributed by atoms with E-state index >= 15 is 0 Å². The van der Waals surface area contributed by atoms with Crippen LogP contribution in [-0.2, 0) is 7.05 Å². The van der Waals surface area contributed by atoms with Crippen LogP contribution in [0.3, 0.4) is 0 Å². The molecule has 0 saturated carbocycles. The second-order valence-electron chi connectivity index (χ2n) is 6.71. The molecule has 0 aliphatic heterocycles. The van der Waals surface area contributed by atoms with Crippen LogP contribution in [0.15, 0.2) is 47.1 Å². The Morgan fingerprint density at radius 1 is 1.20 bits per heavy atom. The van der Waals surface area contributed by atoms with E-state index in [1.165, 1.54) is 0 Å². The molecule has 0 unspecified atom stereocenters. The summed E-state index contributed by atoms with van der Waals surface area (Å²) in [4.78, 5) is 4.51. The van der Waals surface area contributed by atoms with Gasteiger partial charge in [0.25, 0.3) is 0 Å². The zero-order chi connectivity index (χ0) is 21.1. The van der Waals surface area contributed by atoms with Gasteiger partial charge in [-0.25, -0.2) is 4.57 Å². The molecular formula is C22H23N2O+. The number of hydrogen-bond acceptors (Lipinski definition) is 2. The highest BCUT2D eigenvalue weighted by Gasteiger charge is 2.21. The largest absolute Gasteiger partial charge is 0.456 e. The van der Waals surface area contributed by atoms with Crippen molar-refractivity contribution in [3.63, 3.8) is 0 Å². The van der Waals surface area contributed by atoms with Crippen LogP contribution in [0.25, 0.3) is 33.2 Å². The highest BCUT2D eigenvalue weighted by molar-refractivity contribution is 6.12. The molecule has 0 fully saturated rings. The first kappa shape index (κ1) is 11.8. The summed E-state index contributed by atoms with van der Waals surface area (Å²) in [5.41, 5.74) is 5.32. The van der Waals surface area contributed by atoms with Gasteiger partial charge in [0.15, 0.2) is 6.20 Å². The predicted molar refractivity (Wildman–Crippen MR) is 102 cm³/mol. The van der Waals surface area contributed by atoms with Crippen molar-refractivity contribution in [3.05, 3.63) is 59.5 Å². The minimum atomic E-state index is -2.15. The SMILES string of the molecule is [2H]C([2H])([2H])c1ccc(-c2c(C)ccc3oc4cc(C([2H])(C)C)ncc4c23)[n+](C)c1. The molecule has 0 aliphatic rings. The van der Waals surface area contributed by atoms with Gasteiger partial charge in [0.1, 0.15) is 18.2 Å². The first-order chi connectivity index (χ1) is 13.5. The van der Waals surface area contributed by atoms with Gasteiger partial charge in [0, 0.05) is 45.8 Å². The molecule has 25 heavy (non-hydrogen) atoms. The fraction of sp³-hybridized carbons (Fsp3) is 0.273. The quantitative estimate of drug-likeness (QED) is 0.471. The summed E-state index contributed by atoms with van der Waals surface area (Å²) in [6.07, 6.45) is 3.42. The first-order valence-corrected chi connectivity index (χ1v) is 8.30. The van der Waals surface area contributed by atoms with Crippen molar-refractivity contribution >= 4 is 21.9 Å². The van der Waals surface area contributed by atoms with Gasteiger partial charge < -0.3 is 4.42 Å². The monoisotopic (exact) mass is 335 g/mol. The van der Waals surface area contributed by atoms with E-state index in [-0.39, 0.29) is 0 Å². The average molecular weight is 335 g/mol. The maximum atomic E-state index is 8.24. The lowest BCUT2D eigenvalue weighted by molar-refractivity contribution is -0.660. The lowest BCUT2D eigenvalue weighted by atomic mass is 9.98. The standard InChI is InChI=1S/C22H23N2O/c1-13(2)17-10-20-16(11-23-17)22-19(25-20)9-7-15(4)21(22)18-8-6-14(3)12-24(18)5/h6-13H,1-5H3/q+1/i3D3,13D. The molecule has 0 spiro atoms. The molecule has 3 aromatic heterocycles. The number of furan rings is 1. The number of rotatable bonds is 2. The molecule has 4 rings (SSSR count). The Kier molecular flexibility index (Phi) is 2.69. The van der Waals surface area contributed by atoms with Crippen molar-refractivity contribution < 1.29 is 14.5 Å². The van der Waals surface area contributed by atoms with Crippen molar-refractivity contribution in [3.8, 4) is 11.3 Å². The van der Waals surface area contributed by atoms with E-state index in [2.05, 4.69) is 4.98 Å². The number of benzene rings is 1. The van der Waals surface area contributed by atoms with Gasteiger partial charge in [-0.3, -0.25) is 4.98 Å². The molecule has 0 bridgehead atoms. The van der Waals surface area contributed by atoms with Gasteiger partial charge in [-0.05, 0) is 37.4 Å². The molecule has 126 valence electrons. The van der Waals surface area contributed by atoms with Gasteiger partial charge >= 0.3 is 0 Å². The van der Waals surface area contributed by atoms with Gasteiger partial charge in [0.05, 0.1) is 5.56 Å². The second-order valence-corrected chi connectivity index (χ2v) is 6.71. The third kappa shape index (κ3) is 2.51. The number of aromatic nitrogens is 2. The number of hydrogen-bond donors (Lipinski definition) is 0. The number of nitrogens with zero attached hydrogens (tertiary/aromatic N) is 2. The number of aryl methyl sites for hydroxylation is 3. The fourth-order valence-electron chi connectivity index (χ4n) is 3.34. The average Bonchev–Trinajstić information content (AvgIpc) is 2.98. The molecule has 0 atom stereocenters. The zero-order valence-electron chi connectivity index (χ0n) is 18.8. The van der Waals surface area contributed by atoms with Crippen LogP contribution >= 0.6 is 0 Å². The highest BCUT2D eigenvalue weighted by Crippen LogP contribution is 2.37. The highest BCUT2D eigenvalue weighted by atomic mass is 16.3. The Balaban J connectivity index is 2.01. The molecule has 1 aromatic carbocycles. The summed E-state index contributed by atoms with van der Waals surface area (Å²) in [6.45, 7) is 3.47. The van der Waals surface area contributed by atoms with Crippen molar-refractivity contribution in [2.75, 3.05) is 0 Å². The summed E-state index contributed by atoms with van der Waals surface area (Å²) in [5, 5.41) is 1.82. The van der Waals surface area contributed by atoms with Crippen molar-refractivity contribution in [2.45, 2.75) is 33.5 Å². The van der Waals surface area contributed by atoms with Crippen molar-refractivity contribution in [1.29, 1.82) is 0 Å². The summed E-state index contributed by atoms with van der Waals surface area (Å²) in [5.74, 6) is -0.816. The Morgan fingerprint density at radius 3 is 2.76 bits per heavy atom. The molecule has 4 aromatic rings. The maximum absolute atomic E-state index is 8.24. The van der Waals surface area contributed by atoms with E-state index in [4.69, 9.17) is 9.90 Å². The molecule has 0 aliphatic carbocycles. The third-order valence-electron chi connectivity index (χ3n) is 4.63. The normalized spacial score (nSPS) is 15.0. The molecule has 3 heterocycles. The Bertz CT molecular complexity index is 1250. The molecule has 0 amide bonds. The maximum Gasteiger partial charge on any atom is 0.213 e. The van der Waals surface area contributed by atoms with Crippen LogP contribution in [0.4, 0.5) is 0 Å². The number of fused-ring (bicyclic) bond motifs is 3. The fourth-order valence-corrected chi connectivity index (χ4v) is 3.34. The van der Waals surface area contributed by atoms with Crippen LogP contribution < -0.4 is 4.57 Å². The van der Waals surface area contributed by atoms with Crippen LogP contribution in [0, 0.1) is 13.8 Å². The molecule has 0 saturated heterocycles. The van der Waals surface area contributed by atoms with Crippen LogP contribution in [-0.4, -0.2) is 4.98 Å². The Labute approximate surface area is 153 Å². The molecule has 3 nitrogen and oxygen atoms in total. The molecule has 0 N–H and O–H groups in total. The van der Waals surface area contributed by atoms with E-state index in [0.29, 0.717) is 16.8 Å². The van der Waals surface area contributed by atoms with Crippen LogP contribution in [0.2, 0.25) is 0 Å². The van der Waals surface area contributed by atoms with E-state index in [9.17, 15) is 0 Å². The number of pyridine rings is 2. The summed E-state index contributed by atoms with van der Waals surface area (Å²) in [7, 11) is 1.85. The third-order valence-corrected chi connectivity index (χ3v) is 4.63. The van der Waals surface area contributed by atoms with Crippen molar-refractivity contribution in [2.24, 2.45) is 7.05 Å². The Morgan fingerprint density at radius 2 is 2.04 bits per heavy atom. The summed E-state index contributed by atoms with van der Waals surface area (Å²) >= 11 is 0. The Hall–Kier alpha value is -2.68. The smallest absolute Gasteiger partial charge is 0.213 e. The molecular weight excluding hydrogens is 308 g/mol. The van der Waals surface area contributed by atoms with Gasteiger partial charge in [0.2, 0.25) is 5.69 Å². The topological polar surface area (TPSA) is 29.9 Å². The van der Waals surface area contributed by atoms with E-state index < -0.39 is 12.7 Å². The first-order valence-electron chi connectivity index (χ1n) is 10.3. The predicted octanol–water partition coefficient (Wildman–Crippen LogP) is 5.21. The summed E-state index contributed by atoms with van der Waals surface area (Å²) in [6, 6.07) is 9.27. The van der Waals surface area contributed by atoms with Crippen molar-refractivity contribution in [1.82, 2.24) is 4.98 Å².